The van der Waals surface area contributed by atoms with Gasteiger partial charge in [-0.1, -0.05) is 0 Å². The third kappa shape index (κ3) is 3.95. The molecule has 3 heterocycles. The van der Waals surface area contributed by atoms with Crippen molar-refractivity contribution in [1.82, 2.24) is 30.4 Å². The number of amides is 1. The van der Waals surface area contributed by atoms with Gasteiger partial charge in [-0.25, -0.2) is 13.8 Å². The molecule has 1 fully saturated rings. The number of carbonyl (C=O) groups excluding carboxylic acids is 1. The molecule has 1 saturated carbocycles. The van der Waals surface area contributed by atoms with Gasteiger partial charge in [-0.05, 0) is 38.2 Å². The van der Waals surface area contributed by atoms with Gasteiger partial charge in [0.15, 0.2) is 0 Å². The molecule has 0 bridgehead atoms. The van der Waals surface area contributed by atoms with Crippen LogP contribution in [0.15, 0.2) is 24.7 Å². The minimum absolute atomic E-state index is 0.115. The van der Waals surface area contributed by atoms with E-state index < -0.39 is 5.82 Å². The van der Waals surface area contributed by atoms with Crippen molar-refractivity contribution in [3.63, 3.8) is 0 Å². The lowest BCUT2D eigenvalue weighted by Gasteiger charge is -2.32. The molecule has 3 N–H and O–H groups in total. The Kier molecular flexibility index (Phi) is 4.95. The standard InChI is InChI=1S/C18H23BF2N6O/c19-18(20,21)14-10-27-15(2-1-3-16(27)26-14)24-12-4-6-13(7-5-12)25-17(28)11-8-22-23-9-11/h2,8-10,12-13,24H,1,3-7,19H2,(H,22,23)(H,25,28). The zero-order valence-corrected chi connectivity index (χ0v) is 15.7. The molecule has 4 rings (SSSR count). The van der Waals surface area contributed by atoms with Crippen molar-refractivity contribution in [2.24, 2.45) is 0 Å². The molecule has 2 aromatic rings. The maximum atomic E-state index is 13.6. The highest BCUT2D eigenvalue weighted by Crippen LogP contribution is 2.28. The fraction of sp³-hybridized carbons (Fsp3) is 0.500. The first-order valence-corrected chi connectivity index (χ1v) is 9.63. The van der Waals surface area contributed by atoms with E-state index in [1.165, 1.54) is 12.4 Å². The van der Waals surface area contributed by atoms with Gasteiger partial charge in [-0.3, -0.25) is 14.5 Å². The van der Waals surface area contributed by atoms with Gasteiger partial charge in [-0.2, -0.15) is 5.10 Å². The number of allylic oxidation sites excluding steroid dienone is 1. The van der Waals surface area contributed by atoms with Crippen LogP contribution in [-0.4, -0.2) is 45.6 Å². The molecule has 0 unspecified atom stereocenters. The fourth-order valence-corrected chi connectivity index (χ4v) is 3.81. The molecular weight excluding hydrogens is 365 g/mol. The van der Waals surface area contributed by atoms with Crippen LogP contribution in [0.4, 0.5) is 8.78 Å². The van der Waals surface area contributed by atoms with E-state index in [1.54, 1.807) is 10.8 Å². The van der Waals surface area contributed by atoms with Crippen LogP contribution in [0.2, 0.25) is 0 Å². The number of aryl methyl sites for hydroxylation is 1. The average Bonchev–Trinajstić information content (AvgIpc) is 3.33. The van der Waals surface area contributed by atoms with E-state index in [-0.39, 0.29) is 23.7 Å². The lowest BCUT2D eigenvalue weighted by Crippen LogP contribution is -2.42. The maximum Gasteiger partial charge on any atom is 0.254 e. The van der Waals surface area contributed by atoms with Crippen LogP contribution in [0.3, 0.4) is 0 Å². The van der Waals surface area contributed by atoms with Crippen molar-refractivity contribution in [1.29, 1.82) is 0 Å². The van der Waals surface area contributed by atoms with Gasteiger partial charge in [0, 0.05) is 30.9 Å². The van der Waals surface area contributed by atoms with E-state index in [0.717, 1.165) is 45.8 Å². The average molecular weight is 388 g/mol. The number of fused-ring (bicyclic) bond motifs is 1. The van der Waals surface area contributed by atoms with Gasteiger partial charge in [-0.15, -0.1) is 0 Å². The molecular formula is C18H23BF2N6O. The predicted octanol–water partition coefficient (Wildman–Crippen LogP) is 1.36. The van der Waals surface area contributed by atoms with Crippen LogP contribution in [-0.2, 0) is 12.2 Å². The molecule has 148 valence electrons. The largest absolute Gasteiger partial charge is 0.369 e. The highest BCUT2D eigenvalue weighted by molar-refractivity contribution is 6.13. The predicted molar refractivity (Wildman–Crippen MR) is 102 cm³/mol. The van der Waals surface area contributed by atoms with Gasteiger partial charge in [0.2, 0.25) is 13.7 Å². The monoisotopic (exact) mass is 388 g/mol. The van der Waals surface area contributed by atoms with E-state index in [4.69, 9.17) is 0 Å². The smallest absolute Gasteiger partial charge is 0.254 e. The van der Waals surface area contributed by atoms with Gasteiger partial charge in [0.05, 0.1) is 11.8 Å². The minimum atomic E-state index is -2.94. The summed E-state index contributed by atoms with van der Waals surface area (Å²) in [6.07, 6.45) is 11.5. The Morgan fingerprint density at radius 3 is 2.71 bits per heavy atom. The summed E-state index contributed by atoms with van der Waals surface area (Å²) in [6, 6.07) is 0.377. The van der Waals surface area contributed by atoms with E-state index in [0.29, 0.717) is 17.8 Å². The third-order valence-corrected chi connectivity index (χ3v) is 5.37. The molecule has 0 atom stereocenters. The van der Waals surface area contributed by atoms with Gasteiger partial charge >= 0.3 is 0 Å². The zero-order chi connectivity index (χ0) is 19.7. The van der Waals surface area contributed by atoms with Crippen molar-refractivity contribution in [2.45, 2.75) is 56.4 Å². The number of hydrogen-bond donors (Lipinski definition) is 3. The normalized spacial score (nSPS) is 22.3. The molecule has 0 saturated heterocycles. The molecule has 2 aliphatic rings. The molecule has 0 radical (unpaired) electrons. The van der Waals surface area contributed by atoms with Crippen LogP contribution in [0.1, 0.15) is 54.0 Å². The number of hydrogen-bond acceptors (Lipinski definition) is 4. The number of aromatic amines is 1. The molecule has 0 spiro atoms. The summed E-state index contributed by atoms with van der Waals surface area (Å²) in [4.78, 5) is 16.2. The topological polar surface area (TPSA) is 87.6 Å². The molecule has 0 aromatic carbocycles. The van der Waals surface area contributed by atoms with Crippen LogP contribution in [0.25, 0.3) is 5.82 Å². The number of carbonyl (C=O) groups is 1. The highest BCUT2D eigenvalue weighted by atomic mass is 19.3. The first kappa shape index (κ1) is 18.7. The van der Waals surface area contributed by atoms with E-state index >= 15 is 0 Å². The number of nitrogens with zero attached hydrogens (tertiary/aromatic N) is 3. The van der Waals surface area contributed by atoms with Crippen molar-refractivity contribution in [3.05, 3.63) is 41.7 Å². The minimum Gasteiger partial charge on any atom is -0.369 e. The summed E-state index contributed by atoms with van der Waals surface area (Å²) >= 11 is 0. The summed E-state index contributed by atoms with van der Waals surface area (Å²) in [5.74, 6) is -1.56. The molecule has 1 aliphatic heterocycles. The molecule has 2 aromatic heterocycles. The fourth-order valence-electron chi connectivity index (χ4n) is 3.81. The second-order valence-corrected chi connectivity index (χ2v) is 7.58. The highest BCUT2D eigenvalue weighted by Gasteiger charge is 2.30. The second-order valence-electron chi connectivity index (χ2n) is 7.58. The Morgan fingerprint density at radius 2 is 2.04 bits per heavy atom. The number of halogens is 2. The number of alkyl halides is 2. The van der Waals surface area contributed by atoms with Crippen LogP contribution >= 0.6 is 0 Å². The Balaban J connectivity index is 1.34. The Morgan fingerprint density at radius 1 is 1.29 bits per heavy atom. The lowest BCUT2D eigenvalue weighted by atomic mass is 9.91. The molecule has 1 amide bonds. The number of nitrogens with one attached hydrogen (secondary N) is 3. The number of aromatic nitrogens is 4. The molecule has 10 heteroatoms. The van der Waals surface area contributed by atoms with Crippen molar-refractivity contribution in [2.75, 3.05) is 0 Å². The number of rotatable bonds is 5. The third-order valence-electron chi connectivity index (χ3n) is 5.37. The van der Waals surface area contributed by atoms with Crippen molar-refractivity contribution < 1.29 is 13.6 Å². The first-order valence-electron chi connectivity index (χ1n) is 9.63. The van der Waals surface area contributed by atoms with E-state index in [1.807, 2.05) is 6.08 Å². The summed E-state index contributed by atoms with van der Waals surface area (Å²) in [5, 5.41) is 13.0. The Bertz CT molecular complexity index is 865. The van der Waals surface area contributed by atoms with Gasteiger partial charge in [0.1, 0.15) is 17.3 Å². The summed E-state index contributed by atoms with van der Waals surface area (Å²) in [7, 11) is 0.872. The summed E-state index contributed by atoms with van der Waals surface area (Å²) in [5.41, 5.74) is 0.339. The lowest BCUT2D eigenvalue weighted by molar-refractivity contribution is 0.0892. The number of imidazole rings is 1. The Labute approximate surface area is 162 Å². The summed E-state index contributed by atoms with van der Waals surface area (Å²) in [6.45, 7) is 0. The molecule has 1 aliphatic carbocycles. The zero-order valence-electron chi connectivity index (χ0n) is 15.7. The second kappa shape index (κ2) is 7.41. The molecule has 7 nitrogen and oxygen atoms in total. The SMILES string of the molecule is BC(F)(F)c1cn2c(n1)CCC=C2NC1CCC(NC(=O)c2cn[nH]c2)CC1. The van der Waals surface area contributed by atoms with Crippen LogP contribution in [0.5, 0.6) is 0 Å². The van der Waals surface area contributed by atoms with Crippen LogP contribution < -0.4 is 10.6 Å². The van der Waals surface area contributed by atoms with Crippen molar-refractivity contribution in [3.8, 4) is 0 Å². The summed E-state index contributed by atoms with van der Waals surface area (Å²) < 4.78 is 29.0. The Hall–Kier alpha value is -2.65. The quantitative estimate of drug-likeness (QED) is 0.676. The number of H-pyrrole nitrogens is 1. The van der Waals surface area contributed by atoms with Gasteiger partial charge in [0.25, 0.3) is 5.91 Å². The van der Waals surface area contributed by atoms with Gasteiger partial charge < -0.3 is 10.6 Å². The van der Waals surface area contributed by atoms with E-state index in [2.05, 4.69) is 25.8 Å². The molecule has 28 heavy (non-hydrogen) atoms. The van der Waals surface area contributed by atoms with Crippen molar-refractivity contribution >= 4 is 19.6 Å². The van der Waals surface area contributed by atoms with E-state index in [9.17, 15) is 13.6 Å². The first-order chi connectivity index (χ1) is 13.4. The maximum absolute atomic E-state index is 13.6. The van der Waals surface area contributed by atoms with Crippen LogP contribution in [0, 0.1) is 0 Å².